The summed E-state index contributed by atoms with van der Waals surface area (Å²) in [6.45, 7) is 1.69. The Morgan fingerprint density at radius 2 is 1.71 bits per heavy atom. The van der Waals surface area contributed by atoms with E-state index < -0.39 is 11.8 Å². The van der Waals surface area contributed by atoms with Crippen molar-refractivity contribution in [2.75, 3.05) is 11.9 Å². The topological polar surface area (TPSA) is 99.3 Å². The summed E-state index contributed by atoms with van der Waals surface area (Å²) < 4.78 is 0. The van der Waals surface area contributed by atoms with Crippen LogP contribution in [-0.4, -0.2) is 39.4 Å². The van der Waals surface area contributed by atoms with Crippen molar-refractivity contribution in [1.29, 1.82) is 0 Å². The standard InChI is InChI=1S/C28H24ClN3O4S2/c1-12-2-8-15(9-3-12)30-18(33)11-32-26(34)21-16-10-17(22(21)27(32)35)23-20(16)19(13-4-6-14(29)7-5-13)24-25(37-23)31-28(36)38-24/h2-9,16-17,19-23H,10-11H2,1H3,(H,30,33)(H,31,36)/t16?,17?,19-,20?,21?,22?,23?/m1/s1. The van der Waals surface area contributed by atoms with Gasteiger partial charge in [0.05, 0.1) is 16.9 Å². The molecule has 2 saturated carbocycles. The van der Waals surface area contributed by atoms with Crippen LogP contribution in [0.1, 0.15) is 28.3 Å². The Morgan fingerprint density at radius 1 is 1.03 bits per heavy atom. The number of thioether (sulfide) groups is 1. The quantitative estimate of drug-likeness (QED) is 0.454. The Bertz CT molecular complexity index is 1530. The molecule has 3 aromatic rings. The van der Waals surface area contributed by atoms with Gasteiger partial charge in [0, 0.05) is 26.8 Å². The van der Waals surface area contributed by atoms with Crippen molar-refractivity contribution < 1.29 is 14.4 Å². The van der Waals surface area contributed by atoms with Gasteiger partial charge >= 0.3 is 4.87 Å². The first-order chi connectivity index (χ1) is 18.3. The van der Waals surface area contributed by atoms with Crippen LogP contribution < -0.4 is 10.2 Å². The van der Waals surface area contributed by atoms with Gasteiger partial charge < -0.3 is 10.3 Å². The van der Waals surface area contributed by atoms with Crippen molar-refractivity contribution in [3.8, 4) is 0 Å². The Hall–Kier alpha value is -2.88. The number of aromatic nitrogens is 1. The molecule has 10 heteroatoms. The van der Waals surface area contributed by atoms with E-state index in [0.717, 1.165) is 27.5 Å². The average molecular weight is 566 g/mol. The molecule has 6 unspecified atom stereocenters. The van der Waals surface area contributed by atoms with Crippen molar-refractivity contribution in [2.24, 2.45) is 29.6 Å². The molecule has 1 aromatic heterocycles. The molecule has 2 aromatic carbocycles. The average Bonchev–Trinajstić information content (AvgIpc) is 3.62. The van der Waals surface area contributed by atoms with Gasteiger partial charge in [-0.1, -0.05) is 52.8 Å². The van der Waals surface area contributed by atoms with Crippen molar-refractivity contribution in [3.63, 3.8) is 0 Å². The van der Waals surface area contributed by atoms with Crippen LogP contribution in [0, 0.1) is 36.5 Å². The van der Waals surface area contributed by atoms with E-state index in [1.54, 1.807) is 23.9 Å². The molecule has 2 aliphatic carbocycles. The van der Waals surface area contributed by atoms with Gasteiger partial charge in [0.1, 0.15) is 6.54 Å². The van der Waals surface area contributed by atoms with Crippen molar-refractivity contribution in [1.82, 2.24) is 9.88 Å². The molecule has 0 spiro atoms. The Balaban J connectivity index is 1.19. The van der Waals surface area contributed by atoms with E-state index in [0.29, 0.717) is 10.7 Å². The van der Waals surface area contributed by atoms with Crippen LogP contribution in [-0.2, 0) is 14.4 Å². The number of amides is 3. The highest BCUT2D eigenvalue weighted by atomic mass is 35.5. The lowest BCUT2D eigenvalue weighted by atomic mass is 9.68. The highest BCUT2D eigenvalue weighted by Gasteiger charge is 2.69. The second-order valence-corrected chi connectivity index (χ2v) is 13.3. The van der Waals surface area contributed by atoms with Gasteiger partial charge in [-0.25, -0.2) is 0 Å². The fourth-order valence-electron chi connectivity index (χ4n) is 7.26. The summed E-state index contributed by atoms with van der Waals surface area (Å²) >= 11 is 9.06. The van der Waals surface area contributed by atoms with E-state index in [1.807, 2.05) is 43.3 Å². The lowest BCUT2D eigenvalue weighted by Gasteiger charge is -2.43. The number of imide groups is 1. The summed E-state index contributed by atoms with van der Waals surface area (Å²) in [5.41, 5.74) is 2.77. The molecule has 7 rings (SSSR count). The lowest BCUT2D eigenvalue weighted by Crippen LogP contribution is -2.42. The van der Waals surface area contributed by atoms with Gasteiger partial charge in [0.2, 0.25) is 17.7 Å². The molecule has 194 valence electrons. The number of anilines is 1. The van der Waals surface area contributed by atoms with Crippen molar-refractivity contribution in [3.05, 3.63) is 79.2 Å². The maximum atomic E-state index is 13.7. The number of nitrogens with zero attached hydrogens (tertiary/aromatic N) is 1. The third-order valence-corrected chi connectivity index (χ3v) is 11.5. The van der Waals surface area contributed by atoms with Crippen LogP contribution in [0.25, 0.3) is 0 Å². The monoisotopic (exact) mass is 565 g/mol. The molecule has 38 heavy (non-hydrogen) atoms. The largest absolute Gasteiger partial charge is 0.325 e. The van der Waals surface area contributed by atoms with Crippen molar-refractivity contribution >= 4 is 58.1 Å². The van der Waals surface area contributed by atoms with Crippen LogP contribution in [0.15, 0.2) is 58.4 Å². The summed E-state index contributed by atoms with van der Waals surface area (Å²) in [7, 11) is 0. The number of halogens is 1. The predicted octanol–water partition coefficient (Wildman–Crippen LogP) is 4.51. The highest BCUT2D eigenvalue weighted by molar-refractivity contribution is 8.00. The predicted molar refractivity (Wildman–Crippen MR) is 146 cm³/mol. The number of H-pyrrole nitrogens is 1. The normalized spacial score (nSPS) is 30.8. The minimum atomic E-state index is -0.423. The first-order valence-electron chi connectivity index (χ1n) is 12.7. The lowest BCUT2D eigenvalue weighted by molar-refractivity contribution is -0.143. The molecule has 3 fully saturated rings. The number of hydrogen-bond donors (Lipinski definition) is 2. The number of nitrogens with one attached hydrogen (secondary N) is 2. The minimum absolute atomic E-state index is 0.00939. The Labute approximate surface area is 232 Å². The SMILES string of the molecule is Cc1ccc(NC(=O)CN2C(=O)C3C4CC(C3C2=O)C2C4Sc3[nH]c(=O)sc3[C@@H]2c2ccc(Cl)cc2)cc1. The molecule has 3 amide bonds. The van der Waals surface area contributed by atoms with E-state index in [2.05, 4.69) is 10.3 Å². The zero-order valence-corrected chi connectivity index (χ0v) is 22.7. The zero-order chi connectivity index (χ0) is 26.3. The molecule has 1 saturated heterocycles. The second kappa shape index (κ2) is 8.83. The van der Waals surface area contributed by atoms with Crippen LogP contribution in [0.2, 0.25) is 5.02 Å². The van der Waals surface area contributed by atoms with Gasteiger partial charge in [0.15, 0.2) is 0 Å². The van der Waals surface area contributed by atoms with E-state index in [1.165, 1.54) is 16.2 Å². The number of aryl methyl sites for hydroxylation is 1. The fourth-order valence-corrected chi connectivity index (χ4v) is 10.3. The highest BCUT2D eigenvalue weighted by Crippen LogP contribution is 2.68. The number of hydrogen-bond acceptors (Lipinski definition) is 6. The molecule has 3 heterocycles. The van der Waals surface area contributed by atoms with Crippen molar-refractivity contribution in [2.45, 2.75) is 29.5 Å². The number of carbonyl (C=O) groups is 3. The third-order valence-electron chi connectivity index (χ3n) is 8.68. The first kappa shape index (κ1) is 24.2. The molecule has 0 radical (unpaired) electrons. The number of likely N-dealkylation sites (tertiary alicyclic amines) is 1. The molecule has 7 atom stereocenters. The smallest absolute Gasteiger partial charge is 0.305 e. The molecule has 4 aliphatic rings. The minimum Gasteiger partial charge on any atom is -0.325 e. The number of carbonyl (C=O) groups excluding carboxylic acids is 3. The maximum Gasteiger partial charge on any atom is 0.305 e. The summed E-state index contributed by atoms with van der Waals surface area (Å²) in [4.78, 5) is 57.5. The van der Waals surface area contributed by atoms with E-state index in [-0.39, 0.29) is 58.1 Å². The Morgan fingerprint density at radius 3 is 2.42 bits per heavy atom. The van der Waals surface area contributed by atoms with Crippen LogP contribution in [0.4, 0.5) is 5.69 Å². The molecular weight excluding hydrogens is 542 g/mol. The van der Waals surface area contributed by atoms with Gasteiger partial charge in [0.25, 0.3) is 0 Å². The third kappa shape index (κ3) is 3.62. The van der Waals surface area contributed by atoms with Crippen LogP contribution >= 0.6 is 34.7 Å². The molecule has 2 N–H and O–H groups in total. The maximum absolute atomic E-state index is 13.7. The van der Waals surface area contributed by atoms with Gasteiger partial charge in [-0.15, -0.1) is 11.8 Å². The molecule has 2 bridgehead atoms. The second-order valence-electron chi connectivity index (χ2n) is 10.7. The number of fused-ring (bicyclic) bond motifs is 9. The molecular formula is C28H24ClN3O4S2. The summed E-state index contributed by atoms with van der Waals surface area (Å²) in [6.07, 6.45) is 0.807. The van der Waals surface area contributed by atoms with E-state index in [4.69, 9.17) is 11.6 Å². The van der Waals surface area contributed by atoms with E-state index in [9.17, 15) is 19.2 Å². The van der Waals surface area contributed by atoms with Gasteiger partial charge in [-0.3, -0.25) is 24.1 Å². The summed E-state index contributed by atoms with van der Waals surface area (Å²) in [5.74, 6) is -1.59. The molecule has 2 aliphatic heterocycles. The first-order valence-corrected chi connectivity index (χ1v) is 14.7. The van der Waals surface area contributed by atoms with Gasteiger partial charge in [-0.2, -0.15) is 0 Å². The van der Waals surface area contributed by atoms with Gasteiger partial charge in [-0.05, 0) is 60.9 Å². The number of aromatic amines is 1. The number of rotatable bonds is 4. The molecule has 7 nitrogen and oxygen atoms in total. The fraction of sp³-hybridized carbons (Fsp3) is 0.357. The Kier molecular flexibility index (Phi) is 5.62. The zero-order valence-electron chi connectivity index (χ0n) is 20.3. The summed E-state index contributed by atoms with van der Waals surface area (Å²) in [6, 6.07) is 15.1. The number of benzene rings is 2. The summed E-state index contributed by atoms with van der Waals surface area (Å²) in [5, 5.41) is 4.43. The number of thiazole rings is 1. The van der Waals surface area contributed by atoms with Crippen LogP contribution in [0.3, 0.4) is 0 Å². The van der Waals surface area contributed by atoms with E-state index >= 15 is 0 Å². The van der Waals surface area contributed by atoms with Crippen LogP contribution in [0.5, 0.6) is 0 Å².